The highest BCUT2D eigenvalue weighted by molar-refractivity contribution is 5.30. The predicted octanol–water partition coefficient (Wildman–Crippen LogP) is 0.148. The highest BCUT2D eigenvalue weighted by Gasteiger charge is 2.46. The van der Waals surface area contributed by atoms with Crippen molar-refractivity contribution in [3.05, 3.63) is 22.1 Å². The Morgan fingerprint density at radius 1 is 1.35 bits per heavy atom. The van der Waals surface area contributed by atoms with E-state index in [9.17, 15) is 4.79 Å². The molecule has 0 aromatic carbocycles. The number of nitrogens with zero attached hydrogens (tertiary/aromatic N) is 3. The topological polar surface area (TPSA) is 70.7 Å². The van der Waals surface area contributed by atoms with Gasteiger partial charge in [0.25, 0.3) is 5.56 Å². The van der Waals surface area contributed by atoms with Crippen LogP contribution in [0.4, 0.5) is 5.95 Å². The molecule has 0 aliphatic carbocycles. The van der Waals surface area contributed by atoms with E-state index in [2.05, 4.69) is 19.8 Å². The first-order valence-corrected chi connectivity index (χ1v) is 8.43. The fourth-order valence-corrected chi connectivity index (χ4v) is 3.71. The van der Waals surface area contributed by atoms with Crippen molar-refractivity contribution >= 4 is 5.95 Å². The minimum absolute atomic E-state index is 0.0391. The molecule has 3 aliphatic heterocycles. The average molecular weight is 320 g/mol. The summed E-state index contributed by atoms with van der Waals surface area (Å²) in [5.41, 5.74) is 0.720. The second-order valence-corrected chi connectivity index (χ2v) is 6.95. The summed E-state index contributed by atoms with van der Waals surface area (Å²) >= 11 is 0. The molecule has 126 valence electrons. The van der Waals surface area contributed by atoms with Gasteiger partial charge in [-0.05, 0) is 19.8 Å². The molecule has 1 aromatic rings. The van der Waals surface area contributed by atoms with Crippen LogP contribution in [0.15, 0.2) is 10.9 Å². The molecule has 0 radical (unpaired) electrons. The smallest absolute Gasteiger partial charge is 0.252 e. The van der Waals surface area contributed by atoms with Crippen LogP contribution in [-0.2, 0) is 9.47 Å². The Kier molecular flexibility index (Phi) is 3.87. The van der Waals surface area contributed by atoms with E-state index in [0.29, 0.717) is 12.1 Å². The van der Waals surface area contributed by atoms with E-state index in [1.54, 1.807) is 0 Å². The first-order valence-electron chi connectivity index (χ1n) is 8.43. The molecule has 1 spiro atoms. The monoisotopic (exact) mass is 320 g/mol. The van der Waals surface area contributed by atoms with Crippen molar-refractivity contribution in [3.8, 4) is 0 Å². The van der Waals surface area contributed by atoms with Gasteiger partial charge in [0.05, 0.1) is 19.3 Å². The fraction of sp³-hybridized carbons (Fsp3) is 0.750. The third-order valence-electron chi connectivity index (χ3n) is 5.06. The summed E-state index contributed by atoms with van der Waals surface area (Å²) in [5, 5.41) is 0. The Balaban J connectivity index is 1.30. The molecule has 3 saturated heterocycles. The molecule has 0 saturated carbocycles. The van der Waals surface area contributed by atoms with Crippen LogP contribution in [-0.4, -0.2) is 72.5 Å². The van der Waals surface area contributed by atoms with Crippen molar-refractivity contribution in [3.63, 3.8) is 0 Å². The first-order chi connectivity index (χ1) is 11.1. The summed E-state index contributed by atoms with van der Waals surface area (Å²) in [6.07, 6.45) is 2.60. The molecule has 1 N–H and O–H groups in total. The van der Waals surface area contributed by atoms with Crippen LogP contribution >= 0.6 is 0 Å². The number of hydrogen-bond donors (Lipinski definition) is 1. The predicted molar refractivity (Wildman–Crippen MR) is 85.9 cm³/mol. The Labute approximate surface area is 135 Å². The Bertz CT molecular complexity index is 620. The van der Waals surface area contributed by atoms with E-state index in [1.807, 2.05) is 6.92 Å². The lowest BCUT2D eigenvalue weighted by atomic mass is 9.98. The van der Waals surface area contributed by atoms with Crippen LogP contribution in [0, 0.1) is 6.92 Å². The van der Waals surface area contributed by atoms with Gasteiger partial charge in [0.15, 0.2) is 0 Å². The molecule has 0 bridgehead atoms. The molecule has 1 atom stereocenters. The highest BCUT2D eigenvalue weighted by Crippen LogP contribution is 2.36. The number of piperazine rings is 1. The number of aromatic amines is 1. The number of hydrogen-bond acceptors (Lipinski definition) is 6. The fourth-order valence-electron chi connectivity index (χ4n) is 3.71. The standard InChI is InChI=1S/C16H24N4O3/c1-12-8-14(21)18-15(17-12)20-6-4-19(5-7-20)9-13-2-3-16(23-13)10-22-11-16/h8,13H,2-7,9-11H2,1H3,(H,17,18,21). The molecule has 3 aliphatic rings. The maximum absolute atomic E-state index is 11.6. The number of H-pyrrole nitrogens is 1. The minimum Gasteiger partial charge on any atom is -0.375 e. The number of aryl methyl sites for hydroxylation is 1. The second kappa shape index (κ2) is 5.89. The third-order valence-corrected chi connectivity index (χ3v) is 5.06. The normalized spacial score (nSPS) is 27.3. The number of aromatic nitrogens is 2. The van der Waals surface area contributed by atoms with Gasteiger partial charge in [0.1, 0.15) is 5.60 Å². The van der Waals surface area contributed by atoms with Gasteiger partial charge < -0.3 is 14.4 Å². The number of rotatable bonds is 3. The lowest BCUT2D eigenvalue weighted by molar-refractivity contribution is -0.201. The van der Waals surface area contributed by atoms with Crippen molar-refractivity contribution < 1.29 is 9.47 Å². The van der Waals surface area contributed by atoms with Crippen LogP contribution in [0.1, 0.15) is 18.5 Å². The minimum atomic E-state index is -0.0812. The zero-order chi connectivity index (χ0) is 15.9. The zero-order valence-corrected chi connectivity index (χ0v) is 13.6. The Hall–Kier alpha value is -1.44. The maximum Gasteiger partial charge on any atom is 0.252 e. The second-order valence-electron chi connectivity index (χ2n) is 6.95. The van der Waals surface area contributed by atoms with Crippen molar-refractivity contribution in [1.82, 2.24) is 14.9 Å². The molecule has 4 rings (SSSR count). The molecule has 0 amide bonds. The van der Waals surface area contributed by atoms with E-state index in [4.69, 9.17) is 9.47 Å². The molecule has 7 nitrogen and oxygen atoms in total. The molecule has 7 heteroatoms. The van der Waals surface area contributed by atoms with Gasteiger partial charge in [0, 0.05) is 44.5 Å². The summed E-state index contributed by atoms with van der Waals surface area (Å²) < 4.78 is 11.5. The molecule has 4 heterocycles. The lowest BCUT2D eigenvalue weighted by Gasteiger charge is -2.39. The van der Waals surface area contributed by atoms with Crippen molar-refractivity contribution in [1.29, 1.82) is 0 Å². The molecule has 3 fully saturated rings. The molecular formula is C16H24N4O3. The van der Waals surface area contributed by atoms with Crippen LogP contribution < -0.4 is 10.5 Å². The van der Waals surface area contributed by atoms with Crippen LogP contribution in [0.5, 0.6) is 0 Å². The van der Waals surface area contributed by atoms with Gasteiger partial charge in [-0.25, -0.2) is 4.98 Å². The van der Waals surface area contributed by atoms with Crippen LogP contribution in [0.25, 0.3) is 0 Å². The Morgan fingerprint density at radius 2 is 2.13 bits per heavy atom. The number of nitrogens with one attached hydrogen (secondary N) is 1. The van der Waals surface area contributed by atoms with E-state index in [1.165, 1.54) is 6.07 Å². The van der Waals surface area contributed by atoms with E-state index < -0.39 is 0 Å². The number of ether oxygens (including phenoxy) is 2. The summed E-state index contributed by atoms with van der Waals surface area (Å²) in [4.78, 5) is 23.5. The zero-order valence-electron chi connectivity index (χ0n) is 13.6. The summed E-state index contributed by atoms with van der Waals surface area (Å²) in [6.45, 7) is 8.09. The summed E-state index contributed by atoms with van der Waals surface area (Å²) in [6, 6.07) is 1.52. The van der Waals surface area contributed by atoms with E-state index >= 15 is 0 Å². The van der Waals surface area contributed by atoms with Crippen LogP contribution in [0.3, 0.4) is 0 Å². The number of anilines is 1. The average Bonchev–Trinajstić information content (AvgIpc) is 2.91. The lowest BCUT2D eigenvalue weighted by Crippen LogP contribution is -2.52. The van der Waals surface area contributed by atoms with E-state index in [0.717, 1.165) is 64.5 Å². The Morgan fingerprint density at radius 3 is 2.74 bits per heavy atom. The van der Waals surface area contributed by atoms with Gasteiger partial charge >= 0.3 is 0 Å². The van der Waals surface area contributed by atoms with Crippen molar-refractivity contribution in [2.45, 2.75) is 31.5 Å². The van der Waals surface area contributed by atoms with Crippen molar-refractivity contribution in [2.75, 3.05) is 50.8 Å². The van der Waals surface area contributed by atoms with Gasteiger partial charge in [-0.15, -0.1) is 0 Å². The van der Waals surface area contributed by atoms with Crippen molar-refractivity contribution in [2.24, 2.45) is 0 Å². The molecular weight excluding hydrogens is 296 g/mol. The highest BCUT2D eigenvalue weighted by atomic mass is 16.6. The molecule has 1 aromatic heterocycles. The maximum atomic E-state index is 11.6. The molecule has 1 unspecified atom stereocenters. The summed E-state index contributed by atoms with van der Waals surface area (Å²) in [7, 11) is 0. The van der Waals surface area contributed by atoms with Gasteiger partial charge in [-0.3, -0.25) is 14.7 Å². The molecule has 23 heavy (non-hydrogen) atoms. The van der Waals surface area contributed by atoms with E-state index in [-0.39, 0.29) is 11.2 Å². The van der Waals surface area contributed by atoms with Gasteiger partial charge in [0.2, 0.25) is 5.95 Å². The largest absolute Gasteiger partial charge is 0.375 e. The summed E-state index contributed by atoms with van der Waals surface area (Å²) in [5.74, 6) is 0.692. The van der Waals surface area contributed by atoms with Gasteiger partial charge in [-0.1, -0.05) is 0 Å². The van der Waals surface area contributed by atoms with Gasteiger partial charge in [-0.2, -0.15) is 0 Å². The SMILES string of the molecule is Cc1cc(=O)[nH]c(N2CCN(CC3CCC4(COC4)O3)CC2)n1. The first kappa shape index (κ1) is 15.1. The third kappa shape index (κ3) is 3.13. The van der Waals surface area contributed by atoms with Crippen LogP contribution in [0.2, 0.25) is 0 Å². The quantitative estimate of drug-likeness (QED) is 0.855.